The molecule has 1 aromatic heterocycles. The number of rotatable bonds is 10. The minimum atomic E-state index is -0.0925. The highest BCUT2D eigenvalue weighted by atomic mass is 32.1. The van der Waals surface area contributed by atoms with Crippen molar-refractivity contribution in [1.82, 2.24) is 4.90 Å². The van der Waals surface area contributed by atoms with Gasteiger partial charge in [-0.25, -0.2) is 0 Å². The molecule has 1 atom stereocenters. The third-order valence-electron chi connectivity index (χ3n) is 5.60. The van der Waals surface area contributed by atoms with Crippen molar-refractivity contribution in [3.05, 3.63) is 76.0 Å². The van der Waals surface area contributed by atoms with Crippen LogP contribution in [0.4, 0.5) is 0 Å². The van der Waals surface area contributed by atoms with Gasteiger partial charge in [-0.15, -0.1) is 11.3 Å². The summed E-state index contributed by atoms with van der Waals surface area (Å²) in [7, 11) is 3.13. The maximum atomic E-state index is 13.6. The Morgan fingerprint density at radius 3 is 2.45 bits per heavy atom. The summed E-state index contributed by atoms with van der Waals surface area (Å²) in [6.07, 6.45) is 2.06. The van der Waals surface area contributed by atoms with Crippen molar-refractivity contribution in [3.63, 3.8) is 0 Å². The van der Waals surface area contributed by atoms with Gasteiger partial charge in [-0.3, -0.25) is 4.79 Å². The van der Waals surface area contributed by atoms with E-state index in [1.165, 1.54) is 0 Å². The summed E-state index contributed by atoms with van der Waals surface area (Å²) in [5.41, 5.74) is 1.52. The van der Waals surface area contributed by atoms with E-state index in [1.807, 2.05) is 52.7 Å². The van der Waals surface area contributed by atoms with Crippen molar-refractivity contribution in [3.8, 4) is 17.2 Å². The maximum absolute atomic E-state index is 13.6. The highest BCUT2D eigenvalue weighted by molar-refractivity contribution is 7.09. The lowest BCUT2D eigenvalue weighted by Crippen LogP contribution is -2.36. The number of methoxy groups -OCH3 is 2. The van der Waals surface area contributed by atoms with E-state index >= 15 is 0 Å². The summed E-state index contributed by atoms with van der Waals surface area (Å²) < 4.78 is 23.0. The summed E-state index contributed by atoms with van der Waals surface area (Å²) in [5, 5.41) is 2.02. The van der Waals surface area contributed by atoms with Crippen LogP contribution < -0.4 is 14.2 Å². The van der Waals surface area contributed by atoms with Crippen molar-refractivity contribution in [1.29, 1.82) is 0 Å². The normalized spacial score (nSPS) is 15.3. The molecule has 4 rings (SSSR count). The zero-order valence-corrected chi connectivity index (χ0v) is 19.8. The van der Waals surface area contributed by atoms with Crippen molar-refractivity contribution in [2.24, 2.45) is 0 Å². The minimum Gasteiger partial charge on any atom is -0.493 e. The number of amides is 1. The molecule has 0 N–H and O–H groups in total. The van der Waals surface area contributed by atoms with Crippen LogP contribution in [0.1, 0.15) is 33.6 Å². The van der Waals surface area contributed by atoms with Crippen molar-refractivity contribution < 1.29 is 23.7 Å². The molecule has 1 aliphatic rings. The first kappa shape index (κ1) is 23.1. The van der Waals surface area contributed by atoms with Gasteiger partial charge in [-0.05, 0) is 42.0 Å². The SMILES string of the molecule is COc1cc(C(=O)N(Cc2cccs2)CC2CCCO2)cc(OC)c1OCc1ccccc1. The Hall–Kier alpha value is -3.03. The zero-order chi connectivity index (χ0) is 23.0. The average Bonchev–Trinajstić information content (AvgIpc) is 3.56. The van der Waals surface area contributed by atoms with Gasteiger partial charge in [0, 0.05) is 23.6 Å². The van der Waals surface area contributed by atoms with E-state index in [0.717, 1.165) is 29.9 Å². The molecule has 174 valence electrons. The fraction of sp³-hybridized carbons (Fsp3) is 0.346. The van der Waals surface area contributed by atoms with Gasteiger partial charge in [0.15, 0.2) is 11.5 Å². The number of thiophene rings is 1. The van der Waals surface area contributed by atoms with Gasteiger partial charge in [-0.2, -0.15) is 0 Å². The highest BCUT2D eigenvalue weighted by Crippen LogP contribution is 2.39. The van der Waals surface area contributed by atoms with Gasteiger partial charge in [0.1, 0.15) is 6.61 Å². The minimum absolute atomic E-state index is 0.0613. The number of hydrogen-bond acceptors (Lipinski definition) is 6. The molecule has 1 fully saturated rings. The molecular formula is C26H29NO5S. The van der Waals surface area contributed by atoms with Crippen LogP contribution in [-0.2, 0) is 17.9 Å². The topological polar surface area (TPSA) is 57.2 Å². The van der Waals surface area contributed by atoms with E-state index in [1.54, 1.807) is 37.7 Å². The Morgan fingerprint density at radius 1 is 1.09 bits per heavy atom. The standard InChI is InChI=1S/C26H29NO5S/c1-29-23-14-20(15-24(30-2)25(23)32-18-19-8-4-3-5-9-19)26(28)27(16-21-10-6-12-31-21)17-22-11-7-13-33-22/h3-5,7-9,11,13-15,21H,6,10,12,16-18H2,1-2H3. The molecule has 1 aliphatic heterocycles. The Balaban J connectivity index is 1.58. The van der Waals surface area contributed by atoms with Gasteiger partial charge in [0.05, 0.1) is 26.9 Å². The van der Waals surface area contributed by atoms with Crippen LogP contribution in [0.2, 0.25) is 0 Å². The quantitative estimate of drug-likeness (QED) is 0.412. The van der Waals surface area contributed by atoms with Crippen LogP contribution in [0.5, 0.6) is 17.2 Å². The number of nitrogens with zero attached hydrogens (tertiary/aromatic N) is 1. The number of hydrogen-bond donors (Lipinski definition) is 0. The number of benzene rings is 2. The second-order valence-electron chi connectivity index (χ2n) is 7.88. The van der Waals surface area contributed by atoms with Crippen LogP contribution >= 0.6 is 11.3 Å². The molecule has 1 unspecified atom stereocenters. The van der Waals surface area contributed by atoms with Crippen LogP contribution in [-0.4, -0.2) is 44.3 Å². The van der Waals surface area contributed by atoms with Gasteiger partial charge in [-0.1, -0.05) is 36.4 Å². The second-order valence-corrected chi connectivity index (χ2v) is 8.92. The van der Waals surface area contributed by atoms with Crippen molar-refractivity contribution in [2.45, 2.75) is 32.1 Å². The van der Waals surface area contributed by atoms with Gasteiger partial charge in [0.25, 0.3) is 5.91 Å². The van der Waals surface area contributed by atoms with Gasteiger partial charge >= 0.3 is 0 Å². The third-order valence-corrected chi connectivity index (χ3v) is 6.46. The van der Waals surface area contributed by atoms with E-state index in [2.05, 4.69) is 0 Å². The molecule has 7 heteroatoms. The molecule has 0 bridgehead atoms. The fourth-order valence-corrected chi connectivity index (χ4v) is 4.62. The smallest absolute Gasteiger partial charge is 0.254 e. The van der Waals surface area contributed by atoms with E-state index < -0.39 is 0 Å². The predicted octanol–water partition coefficient (Wildman–Crippen LogP) is 5.17. The van der Waals surface area contributed by atoms with E-state index in [0.29, 0.717) is 42.5 Å². The van der Waals surface area contributed by atoms with Crippen molar-refractivity contribution in [2.75, 3.05) is 27.4 Å². The van der Waals surface area contributed by atoms with E-state index in [-0.39, 0.29) is 12.0 Å². The van der Waals surface area contributed by atoms with Gasteiger partial charge < -0.3 is 23.8 Å². The lowest BCUT2D eigenvalue weighted by Gasteiger charge is -2.26. The van der Waals surface area contributed by atoms with E-state index in [9.17, 15) is 4.79 Å². The van der Waals surface area contributed by atoms with Crippen molar-refractivity contribution >= 4 is 17.2 Å². The molecule has 0 radical (unpaired) electrons. The summed E-state index contributed by atoms with van der Waals surface area (Å²) >= 11 is 1.64. The summed E-state index contributed by atoms with van der Waals surface area (Å²) in [6.45, 7) is 2.20. The zero-order valence-electron chi connectivity index (χ0n) is 19.0. The molecule has 0 spiro atoms. The second kappa shape index (κ2) is 11.2. The first-order valence-corrected chi connectivity index (χ1v) is 11.9. The molecule has 6 nitrogen and oxygen atoms in total. The molecule has 0 saturated carbocycles. The van der Waals surface area contributed by atoms with Gasteiger partial charge in [0.2, 0.25) is 5.75 Å². The molecule has 33 heavy (non-hydrogen) atoms. The first-order chi connectivity index (χ1) is 16.2. The average molecular weight is 468 g/mol. The molecule has 3 aromatic rings. The summed E-state index contributed by atoms with van der Waals surface area (Å²) in [4.78, 5) is 16.6. The Labute approximate surface area is 198 Å². The molecule has 1 amide bonds. The summed E-state index contributed by atoms with van der Waals surface area (Å²) in [5.74, 6) is 1.30. The third kappa shape index (κ3) is 5.86. The van der Waals surface area contributed by atoms with Crippen LogP contribution in [0.15, 0.2) is 60.0 Å². The lowest BCUT2D eigenvalue weighted by molar-refractivity contribution is 0.0509. The fourth-order valence-electron chi connectivity index (χ4n) is 3.90. The van der Waals surface area contributed by atoms with Crippen LogP contribution in [0, 0.1) is 0 Å². The predicted molar refractivity (Wildman–Crippen MR) is 128 cm³/mol. The van der Waals surface area contributed by atoms with E-state index in [4.69, 9.17) is 18.9 Å². The molecule has 1 saturated heterocycles. The monoisotopic (exact) mass is 467 g/mol. The molecule has 2 aromatic carbocycles. The Bertz CT molecular complexity index is 1010. The molecule has 0 aliphatic carbocycles. The maximum Gasteiger partial charge on any atom is 0.254 e. The number of carbonyl (C=O) groups excluding carboxylic acids is 1. The Morgan fingerprint density at radius 2 is 1.85 bits per heavy atom. The number of ether oxygens (including phenoxy) is 4. The lowest BCUT2D eigenvalue weighted by atomic mass is 10.1. The molecule has 2 heterocycles. The van der Waals surface area contributed by atoms with Crippen LogP contribution in [0.3, 0.4) is 0 Å². The summed E-state index contributed by atoms with van der Waals surface area (Å²) in [6, 6.07) is 17.4. The van der Waals surface area contributed by atoms with Crippen LogP contribution in [0.25, 0.3) is 0 Å². The molecular weight excluding hydrogens is 438 g/mol. The highest BCUT2D eigenvalue weighted by Gasteiger charge is 2.26. The Kier molecular flexibility index (Phi) is 7.86. The largest absolute Gasteiger partial charge is 0.493 e. The number of carbonyl (C=O) groups is 1. The first-order valence-electron chi connectivity index (χ1n) is 11.0.